The number of methoxy groups -OCH3 is 1. The van der Waals surface area contributed by atoms with Crippen LogP contribution < -0.4 is 10.1 Å². The van der Waals surface area contributed by atoms with E-state index in [2.05, 4.69) is 25.3 Å². The van der Waals surface area contributed by atoms with Gasteiger partial charge in [-0.25, -0.2) is 19.7 Å². The molecule has 1 atom stereocenters. The lowest BCUT2D eigenvalue weighted by Crippen LogP contribution is -2.44. The van der Waals surface area contributed by atoms with Crippen molar-refractivity contribution in [2.45, 2.75) is 18.9 Å². The Morgan fingerprint density at radius 2 is 2.22 bits per heavy atom. The van der Waals surface area contributed by atoms with Crippen molar-refractivity contribution in [3.63, 3.8) is 0 Å². The number of ether oxygens (including phenoxy) is 1. The van der Waals surface area contributed by atoms with Crippen LogP contribution in [-0.2, 0) is 0 Å². The van der Waals surface area contributed by atoms with Crippen molar-refractivity contribution in [1.82, 2.24) is 29.4 Å². The lowest BCUT2D eigenvalue weighted by atomic mass is 10.1. The molecule has 4 rings (SSSR count). The second kappa shape index (κ2) is 7.06. The first-order valence-corrected chi connectivity index (χ1v) is 8.58. The van der Waals surface area contributed by atoms with E-state index in [9.17, 15) is 9.90 Å². The van der Waals surface area contributed by atoms with Crippen LogP contribution >= 0.6 is 0 Å². The van der Waals surface area contributed by atoms with E-state index in [1.165, 1.54) is 4.90 Å². The van der Waals surface area contributed by atoms with Gasteiger partial charge in [-0.15, -0.1) is 0 Å². The number of nitrogens with one attached hydrogen (secondary N) is 1. The molecule has 1 aliphatic rings. The summed E-state index contributed by atoms with van der Waals surface area (Å²) in [6, 6.07) is 1.79. The number of pyridine rings is 1. The van der Waals surface area contributed by atoms with Gasteiger partial charge in [0.15, 0.2) is 5.82 Å². The Hall–Kier alpha value is -3.43. The first-order valence-electron chi connectivity index (χ1n) is 8.58. The molecule has 10 heteroatoms. The molecule has 0 aromatic carbocycles. The number of hydrogen-bond donors (Lipinski definition) is 2. The maximum atomic E-state index is 11.2. The molecule has 3 aromatic heterocycles. The lowest BCUT2D eigenvalue weighted by molar-refractivity contribution is 0.133. The van der Waals surface area contributed by atoms with Crippen LogP contribution in [-0.4, -0.2) is 66.8 Å². The zero-order valence-electron chi connectivity index (χ0n) is 14.7. The number of carbonyl (C=O) groups is 1. The minimum absolute atomic E-state index is 0.00299. The lowest BCUT2D eigenvalue weighted by Gasteiger charge is -2.31. The van der Waals surface area contributed by atoms with E-state index >= 15 is 0 Å². The zero-order chi connectivity index (χ0) is 18.8. The molecule has 0 spiro atoms. The molecular weight excluding hydrogens is 350 g/mol. The second-order valence-electron chi connectivity index (χ2n) is 6.30. The van der Waals surface area contributed by atoms with Gasteiger partial charge in [0.25, 0.3) is 0 Å². The van der Waals surface area contributed by atoms with Crippen molar-refractivity contribution in [2.75, 3.05) is 25.5 Å². The average molecular weight is 369 g/mol. The minimum Gasteiger partial charge on any atom is -0.481 e. The molecule has 140 valence electrons. The van der Waals surface area contributed by atoms with E-state index in [1.807, 2.05) is 4.57 Å². The quantitative estimate of drug-likeness (QED) is 0.714. The zero-order valence-corrected chi connectivity index (χ0v) is 14.7. The number of aromatic nitrogens is 5. The van der Waals surface area contributed by atoms with E-state index in [4.69, 9.17) is 4.74 Å². The highest BCUT2D eigenvalue weighted by atomic mass is 16.5. The molecule has 1 amide bonds. The summed E-state index contributed by atoms with van der Waals surface area (Å²) in [6.07, 6.45) is 7.37. The van der Waals surface area contributed by atoms with Crippen molar-refractivity contribution < 1.29 is 14.6 Å². The Morgan fingerprint density at radius 3 is 3.04 bits per heavy atom. The number of likely N-dealkylation sites (tertiary alicyclic amines) is 1. The molecule has 2 N–H and O–H groups in total. The Balaban J connectivity index is 1.59. The van der Waals surface area contributed by atoms with E-state index in [0.29, 0.717) is 30.6 Å². The number of carboxylic acid groups (broad SMARTS) is 1. The Bertz CT molecular complexity index is 974. The van der Waals surface area contributed by atoms with Gasteiger partial charge < -0.3 is 20.1 Å². The molecule has 4 heterocycles. The summed E-state index contributed by atoms with van der Waals surface area (Å²) >= 11 is 0. The van der Waals surface area contributed by atoms with Crippen molar-refractivity contribution in [1.29, 1.82) is 0 Å². The third-order valence-corrected chi connectivity index (χ3v) is 4.53. The Labute approximate surface area is 154 Å². The fourth-order valence-corrected chi connectivity index (χ4v) is 3.21. The van der Waals surface area contributed by atoms with Gasteiger partial charge in [-0.05, 0) is 12.8 Å². The van der Waals surface area contributed by atoms with Gasteiger partial charge in [-0.2, -0.15) is 0 Å². The predicted molar refractivity (Wildman–Crippen MR) is 97.2 cm³/mol. The van der Waals surface area contributed by atoms with Crippen LogP contribution in [0.15, 0.2) is 31.0 Å². The minimum atomic E-state index is -0.895. The highest BCUT2D eigenvalue weighted by molar-refractivity contribution is 5.77. The summed E-state index contributed by atoms with van der Waals surface area (Å²) < 4.78 is 6.99. The van der Waals surface area contributed by atoms with Gasteiger partial charge in [0.1, 0.15) is 17.7 Å². The number of anilines is 1. The predicted octanol–water partition coefficient (Wildman–Crippen LogP) is 1.77. The molecule has 10 nitrogen and oxygen atoms in total. The summed E-state index contributed by atoms with van der Waals surface area (Å²) in [5.41, 5.74) is 1.53. The standard InChI is InChI=1S/C17H19N7O3/c1-27-16-5-13-12(6-19-16)20-10-24(13)15-8-18-7-14(22-15)21-11-3-2-4-23(9-11)17(25)26/h5-8,10-11H,2-4,9H2,1H3,(H,21,22)(H,25,26)/t11-/m1/s1. The van der Waals surface area contributed by atoms with Crippen LogP contribution in [0.3, 0.4) is 0 Å². The monoisotopic (exact) mass is 369 g/mol. The number of amides is 1. The van der Waals surface area contributed by atoms with Crippen LogP contribution in [0.1, 0.15) is 12.8 Å². The Morgan fingerprint density at radius 1 is 1.33 bits per heavy atom. The molecule has 0 unspecified atom stereocenters. The highest BCUT2D eigenvalue weighted by Gasteiger charge is 2.23. The summed E-state index contributed by atoms with van der Waals surface area (Å²) in [5, 5.41) is 12.5. The molecule has 0 aliphatic carbocycles. The van der Waals surface area contributed by atoms with Crippen molar-refractivity contribution >= 4 is 22.9 Å². The highest BCUT2D eigenvalue weighted by Crippen LogP contribution is 2.21. The van der Waals surface area contributed by atoms with Crippen LogP contribution in [0, 0.1) is 0 Å². The fraction of sp³-hybridized carbons (Fsp3) is 0.353. The third-order valence-electron chi connectivity index (χ3n) is 4.53. The topological polar surface area (TPSA) is 118 Å². The largest absolute Gasteiger partial charge is 0.481 e. The van der Waals surface area contributed by atoms with Crippen LogP contribution in [0.5, 0.6) is 5.88 Å². The van der Waals surface area contributed by atoms with Gasteiger partial charge in [0.2, 0.25) is 5.88 Å². The van der Waals surface area contributed by atoms with E-state index < -0.39 is 6.09 Å². The number of piperidine rings is 1. The fourth-order valence-electron chi connectivity index (χ4n) is 3.21. The van der Waals surface area contributed by atoms with E-state index in [1.54, 1.807) is 38.1 Å². The molecule has 1 saturated heterocycles. The van der Waals surface area contributed by atoms with Crippen molar-refractivity contribution in [3.8, 4) is 11.7 Å². The van der Waals surface area contributed by atoms with Crippen molar-refractivity contribution in [3.05, 3.63) is 31.0 Å². The molecule has 0 saturated carbocycles. The summed E-state index contributed by atoms with van der Waals surface area (Å²) in [6.45, 7) is 0.994. The Kier molecular flexibility index (Phi) is 4.45. The third kappa shape index (κ3) is 3.46. The molecular formula is C17H19N7O3. The first-order chi connectivity index (χ1) is 13.1. The maximum Gasteiger partial charge on any atom is 0.407 e. The normalized spacial score (nSPS) is 17.1. The molecule has 3 aromatic rings. The van der Waals surface area contributed by atoms with Gasteiger partial charge in [-0.1, -0.05) is 0 Å². The number of hydrogen-bond acceptors (Lipinski definition) is 7. The summed E-state index contributed by atoms with van der Waals surface area (Å²) in [4.78, 5) is 29.9. The summed E-state index contributed by atoms with van der Waals surface area (Å²) in [5.74, 6) is 1.68. The first kappa shape index (κ1) is 17.0. The summed E-state index contributed by atoms with van der Waals surface area (Å²) in [7, 11) is 1.56. The van der Waals surface area contributed by atoms with Gasteiger partial charge in [-0.3, -0.25) is 9.55 Å². The molecule has 0 radical (unpaired) electrons. The second-order valence-corrected chi connectivity index (χ2v) is 6.30. The van der Waals surface area contributed by atoms with Crippen LogP contribution in [0.2, 0.25) is 0 Å². The van der Waals surface area contributed by atoms with Gasteiger partial charge >= 0.3 is 6.09 Å². The average Bonchev–Trinajstić information content (AvgIpc) is 3.11. The molecule has 0 bridgehead atoms. The van der Waals surface area contributed by atoms with Crippen molar-refractivity contribution in [2.24, 2.45) is 0 Å². The van der Waals surface area contributed by atoms with E-state index in [0.717, 1.165) is 23.9 Å². The molecule has 1 fully saturated rings. The number of nitrogens with zero attached hydrogens (tertiary/aromatic N) is 6. The molecule has 1 aliphatic heterocycles. The van der Waals surface area contributed by atoms with Gasteiger partial charge in [0.05, 0.1) is 31.2 Å². The van der Waals surface area contributed by atoms with E-state index in [-0.39, 0.29) is 6.04 Å². The molecule has 27 heavy (non-hydrogen) atoms. The number of rotatable bonds is 4. The smallest absolute Gasteiger partial charge is 0.407 e. The number of fused-ring (bicyclic) bond motifs is 1. The SMILES string of the molecule is COc1cc2c(cn1)ncn2-c1cncc(N[C@@H]2CCCN(C(=O)O)C2)n1. The van der Waals surface area contributed by atoms with Gasteiger partial charge in [0, 0.05) is 25.2 Å². The van der Waals surface area contributed by atoms with Crippen LogP contribution in [0.25, 0.3) is 16.9 Å². The number of imidazole rings is 1. The maximum absolute atomic E-state index is 11.2. The van der Waals surface area contributed by atoms with Crippen LogP contribution in [0.4, 0.5) is 10.6 Å².